The zero-order valence-electron chi connectivity index (χ0n) is 10.6. The van der Waals surface area contributed by atoms with E-state index in [-0.39, 0.29) is 5.91 Å². The molecule has 0 unspecified atom stereocenters. The maximum absolute atomic E-state index is 12.4. The number of carbonyl (C=O) groups is 1. The van der Waals surface area contributed by atoms with Gasteiger partial charge in [-0.25, -0.2) is 0 Å². The number of amides is 1. The van der Waals surface area contributed by atoms with Crippen LogP contribution < -0.4 is 0 Å². The average molecular weight is 231 g/mol. The van der Waals surface area contributed by atoms with E-state index >= 15 is 0 Å². The minimum Gasteiger partial charge on any atom is -0.336 e. The average Bonchev–Trinajstić information content (AvgIpc) is 2.40. The first kappa shape index (κ1) is 12.2. The van der Waals surface area contributed by atoms with E-state index < -0.39 is 0 Å². The number of likely N-dealkylation sites (tertiary alicyclic amines) is 1. The molecule has 1 atom stereocenters. The van der Waals surface area contributed by atoms with E-state index in [0.29, 0.717) is 6.04 Å². The van der Waals surface area contributed by atoms with Crippen molar-refractivity contribution < 1.29 is 4.79 Å². The molecule has 2 nitrogen and oxygen atoms in total. The predicted octanol–water partition coefficient (Wildman–Crippen LogP) is 3.48. The molecule has 1 saturated heterocycles. The second-order valence-corrected chi connectivity index (χ2v) is 4.80. The zero-order chi connectivity index (χ0) is 12.1. The number of hydrogen-bond donors (Lipinski definition) is 0. The maximum atomic E-state index is 12.4. The minimum absolute atomic E-state index is 0.212. The Hall–Kier alpha value is -1.31. The van der Waals surface area contributed by atoms with Crippen LogP contribution in [0.25, 0.3) is 0 Å². The van der Waals surface area contributed by atoms with E-state index in [1.54, 1.807) is 0 Å². The molecule has 0 bridgehead atoms. The lowest BCUT2D eigenvalue weighted by Crippen LogP contribution is -2.43. The van der Waals surface area contributed by atoms with Crippen molar-refractivity contribution in [2.24, 2.45) is 0 Å². The highest BCUT2D eigenvalue weighted by atomic mass is 16.2. The van der Waals surface area contributed by atoms with E-state index in [4.69, 9.17) is 0 Å². The fraction of sp³-hybridized carbons (Fsp3) is 0.533. The molecule has 0 radical (unpaired) electrons. The van der Waals surface area contributed by atoms with Crippen molar-refractivity contribution >= 4 is 5.91 Å². The molecule has 0 spiro atoms. The van der Waals surface area contributed by atoms with Crippen LogP contribution in [0.1, 0.15) is 49.4 Å². The molecule has 2 rings (SSSR count). The summed E-state index contributed by atoms with van der Waals surface area (Å²) in [4.78, 5) is 14.5. The molecular weight excluding hydrogens is 210 g/mol. The third kappa shape index (κ3) is 2.87. The number of benzene rings is 1. The highest BCUT2D eigenvalue weighted by Crippen LogP contribution is 2.22. The van der Waals surface area contributed by atoms with Crippen LogP contribution in [0.15, 0.2) is 30.3 Å². The van der Waals surface area contributed by atoms with Crippen LogP contribution in [-0.4, -0.2) is 23.4 Å². The van der Waals surface area contributed by atoms with Gasteiger partial charge in [0.1, 0.15) is 0 Å². The summed E-state index contributed by atoms with van der Waals surface area (Å²) in [6, 6.07) is 10.1. The molecule has 1 amide bonds. The summed E-state index contributed by atoms with van der Waals surface area (Å²) in [5, 5.41) is 0. The summed E-state index contributed by atoms with van der Waals surface area (Å²) in [6.07, 6.45) is 5.89. The number of nitrogens with zero attached hydrogens (tertiary/aromatic N) is 1. The number of rotatable bonds is 3. The normalized spacial score (nSPS) is 20.3. The lowest BCUT2D eigenvalue weighted by atomic mass is 9.97. The number of carbonyl (C=O) groups excluding carboxylic acids is 1. The topological polar surface area (TPSA) is 20.3 Å². The van der Waals surface area contributed by atoms with Crippen LogP contribution in [0.3, 0.4) is 0 Å². The lowest BCUT2D eigenvalue weighted by Gasteiger charge is -2.35. The zero-order valence-corrected chi connectivity index (χ0v) is 10.6. The van der Waals surface area contributed by atoms with Gasteiger partial charge in [0.25, 0.3) is 5.91 Å². The van der Waals surface area contributed by atoms with Crippen LogP contribution in [0.4, 0.5) is 0 Å². The minimum atomic E-state index is 0.212. The van der Waals surface area contributed by atoms with Crippen molar-refractivity contribution in [2.45, 2.75) is 45.1 Å². The van der Waals surface area contributed by atoms with Gasteiger partial charge in [-0.05, 0) is 37.8 Å². The molecule has 2 heteroatoms. The lowest BCUT2D eigenvalue weighted by molar-refractivity contribution is 0.0600. The van der Waals surface area contributed by atoms with Gasteiger partial charge in [0.15, 0.2) is 0 Å². The van der Waals surface area contributed by atoms with Gasteiger partial charge in [0.2, 0.25) is 0 Å². The molecule has 1 aliphatic rings. The van der Waals surface area contributed by atoms with Gasteiger partial charge in [0, 0.05) is 18.2 Å². The van der Waals surface area contributed by atoms with E-state index in [1.165, 1.54) is 12.8 Å². The van der Waals surface area contributed by atoms with Crippen molar-refractivity contribution in [3.8, 4) is 0 Å². The van der Waals surface area contributed by atoms with Gasteiger partial charge in [0.05, 0.1) is 0 Å². The van der Waals surface area contributed by atoms with Crippen molar-refractivity contribution in [3.63, 3.8) is 0 Å². The van der Waals surface area contributed by atoms with E-state index in [2.05, 4.69) is 11.8 Å². The molecule has 92 valence electrons. The first-order valence-electron chi connectivity index (χ1n) is 6.69. The monoisotopic (exact) mass is 231 g/mol. The van der Waals surface area contributed by atoms with Gasteiger partial charge >= 0.3 is 0 Å². The predicted molar refractivity (Wildman–Crippen MR) is 70.0 cm³/mol. The second-order valence-electron chi connectivity index (χ2n) is 4.80. The summed E-state index contributed by atoms with van der Waals surface area (Å²) in [6.45, 7) is 3.12. The molecule has 1 fully saturated rings. The Kier molecular flexibility index (Phi) is 4.18. The number of piperidine rings is 1. The van der Waals surface area contributed by atoms with Crippen molar-refractivity contribution in [1.82, 2.24) is 4.90 Å². The van der Waals surface area contributed by atoms with Gasteiger partial charge in [-0.1, -0.05) is 31.5 Å². The number of hydrogen-bond acceptors (Lipinski definition) is 1. The van der Waals surface area contributed by atoms with Crippen LogP contribution >= 0.6 is 0 Å². The van der Waals surface area contributed by atoms with E-state index in [0.717, 1.165) is 31.4 Å². The molecule has 0 aliphatic carbocycles. The molecule has 0 saturated carbocycles. The summed E-state index contributed by atoms with van der Waals surface area (Å²) < 4.78 is 0. The van der Waals surface area contributed by atoms with Crippen molar-refractivity contribution in [1.29, 1.82) is 0 Å². The van der Waals surface area contributed by atoms with Gasteiger partial charge in [-0.3, -0.25) is 4.79 Å². The molecule has 0 N–H and O–H groups in total. The fourth-order valence-corrected chi connectivity index (χ4v) is 2.65. The van der Waals surface area contributed by atoms with Crippen LogP contribution in [0.5, 0.6) is 0 Å². The van der Waals surface area contributed by atoms with Crippen molar-refractivity contribution in [3.05, 3.63) is 35.9 Å². The summed E-state index contributed by atoms with van der Waals surface area (Å²) in [5.74, 6) is 0.212. The Bertz CT molecular complexity index is 358. The molecule has 1 aromatic rings. The van der Waals surface area contributed by atoms with Crippen molar-refractivity contribution in [2.75, 3.05) is 6.54 Å². The third-order valence-electron chi connectivity index (χ3n) is 3.53. The molecule has 17 heavy (non-hydrogen) atoms. The van der Waals surface area contributed by atoms with Gasteiger partial charge in [-0.2, -0.15) is 0 Å². The Morgan fingerprint density at radius 2 is 2.06 bits per heavy atom. The molecular formula is C15H21NO. The maximum Gasteiger partial charge on any atom is 0.254 e. The van der Waals surface area contributed by atoms with Gasteiger partial charge in [-0.15, -0.1) is 0 Å². The fourth-order valence-electron chi connectivity index (χ4n) is 2.65. The highest BCUT2D eigenvalue weighted by molar-refractivity contribution is 5.94. The Morgan fingerprint density at radius 3 is 2.76 bits per heavy atom. The highest BCUT2D eigenvalue weighted by Gasteiger charge is 2.26. The Morgan fingerprint density at radius 1 is 1.29 bits per heavy atom. The summed E-state index contributed by atoms with van der Waals surface area (Å²) in [5.41, 5.74) is 0.829. The standard InChI is InChI=1S/C15H21NO/c1-2-8-14-11-6-7-12-16(14)15(17)13-9-4-3-5-10-13/h3-5,9-10,14H,2,6-8,11-12H2,1H3/t14-/m1/s1. The summed E-state index contributed by atoms with van der Waals surface area (Å²) >= 11 is 0. The van der Waals surface area contributed by atoms with Crippen LogP contribution in [-0.2, 0) is 0 Å². The third-order valence-corrected chi connectivity index (χ3v) is 3.53. The quantitative estimate of drug-likeness (QED) is 0.780. The molecule has 0 aromatic heterocycles. The first-order chi connectivity index (χ1) is 8.33. The van der Waals surface area contributed by atoms with E-state index in [1.807, 2.05) is 30.3 Å². The molecule has 1 aromatic carbocycles. The van der Waals surface area contributed by atoms with Crippen LogP contribution in [0, 0.1) is 0 Å². The smallest absolute Gasteiger partial charge is 0.254 e. The van der Waals surface area contributed by atoms with E-state index in [9.17, 15) is 4.79 Å². The molecule has 1 heterocycles. The SMILES string of the molecule is CCC[C@@H]1CCCCN1C(=O)c1ccccc1. The van der Waals surface area contributed by atoms with Gasteiger partial charge < -0.3 is 4.90 Å². The Labute approximate surface area is 104 Å². The Balaban J connectivity index is 2.11. The summed E-state index contributed by atoms with van der Waals surface area (Å²) in [7, 11) is 0. The van der Waals surface area contributed by atoms with Crippen LogP contribution in [0.2, 0.25) is 0 Å². The molecule has 1 aliphatic heterocycles. The largest absolute Gasteiger partial charge is 0.336 e. The first-order valence-corrected chi connectivity index (χ1v) is 6.69. The second kappa shape index (κ2) is 5.85.